The van der Waals surface area contributed by atoms with E-state index in [0.29, 0.717) is 0 Å². The van der Waals surface area contributed by atoms with Crippen LogP contribution in [0.15, 0.2) is 0 Å². The van der Waals surface area contributed by atoms with E-state index in [9.17, 15) is 0 Å². The molecule has 0 aromatic heterocycles. The summed E-state index contributed by atoms with van der Waals surface area (Å²) in [5.74, 6) is 0.844. The summed E-state index contributed by atoms with van der Waals surface area (Å²) < 4.78 is 0. The third-order valence-electron chi connectivity index (χ3n) is 1.62. The van der Waals surface area contributed by atoms with Crippen molar-refractivity contribution in [3.05, 3.63) is 0 Å². The molecule has 0 heterocycles. The molecule has 0 aromatic rings. The highest BCUT2D eigenvalue weighted by molar-refractivity contribution is 6.76. The highest BCUT2D eigenvalue weighted by Gasteiger charge is 2.16. The van der Waals surface area contributed by atoms with Gasteiger partial charge in [0.2, 0.25) is 0 Å². The standard InChI is InChI=1S/C8H21NSi/c1-8(5-6-9)7-10(2,3)4/h8H,5-7,9H2,1-4H3. The molecule has 0 aliphatic heterocycles. The zero-order valence-corrected chi connectivity index (χ0v) is 8.78. The van der Waals surface area contributed by atoms with E-state index in [1.54, 1.807) is 0 Å². The Morgan fingerprint density at radius 3 is 2.10 bits per heavy atom. The van der Waals surface area contributed by atoms with Crippen LogP contribution in [0.4, 0.5) is 0 Å². The molecule has 62 valence electrons. The number of rotatable bonds is 4. The predicted molar refractivity (Wildman–Crippen MR) is 51.0 cm³/mol. The SMILES string of the molecule is CC(CCN)C[Si](C)(C)C. The summed E-state index contributed by atoms with van der Waals surface area (Å²) in [6, 6.07) is 1.42. The summed E-state index contributed by atoms with van der Waals surface area (Å²) >= 11 is 0. The van der Waals surface area contributed by atoms with Gasteiger partial charge in [0.05, 0.1) is 0 Å². The van der Waals surface area contributed by atoms with Crippen LogP contribution in [0, 0.1) is 5.92 Å². The third-order valence-corrected chi connectivity index (χ3v) is 3.54. The molecule has 2 N–H and O–H groups in total. The Bertz CT molecular complexity index is 85.7. The molecule has 1 nitrogen and oxygen atoms in total. The average molecular weight is 159 g/mol. The Balaban J connectivity index is 3.47. The second-order valence-electron chi connectivity index (χ2n) is 4.45. The summed E-state index contributed by atoms with van der Waals surface area (Å²) in [6.07, 6.45) is 1.20. The van der Waals surface area contributed by atoms with Gasteiger partial charge in [0, 0.05) is 8.07 Å². The van der Waals surface area contributed by atoms with Gasteiger partial charge in [-0.25, -0.2) is 0 Å². The highest BCUT2D eigenvalue weighted by atomic mass is 28.3. The molecule has 0 amide bonds. The van der Waals surface area contributed by atoms with Gasteiger partial charge in [-0.3, -0.25) is 0 Å². The fourth-order valence-electron chi connectivity index (χ4n) is 1.43. The summed E-state index contributed by atoms with van der Waals surface area (Å²) in [5.41, 5.74) is 5.46. The van der Waals surface area contributed by atoms with E-state index in [-0.39, 0.29) is 0 Å². The van der Waals surface area contributed by atoms with Crippen LogP contribution in [0.5, 0.6) is 0 Å². The summed E-state index contributed by atoms with van der Waals surface area (Å²) in [4.78, 5) is 0. The minimum atomic E-state index is -0.813. The number of hydrogen-bond acceptors (Lipinski definition) is 1. The topological polar surface area (TPSA) is 26.0 Å². The van der Waals surface area contributed by atoms with Gasteiger partial charge in [-0.05, 0) is 18.9 Å². The van der Waals surface area contributed by atoms with Gasteiger partial charge in [-0.2, -0.15) is 0 Å². The van der Waals surface area contributed by atoms with Crippen LogP contribution in [0.1, 0.15) is 13.3 Å². The van der Waals surface area contributed by atoms with E-state index in [1.807, 2.05) is 0 Å². The van der Waals surface area contributed by atoms with Gasteiger partial charge in [0.1, 0.15) is 0 Å². The maximum Gasteiger partial charge on any atom is 0.0445 e. The van der Waals surface area contributed by atoms with Crippen molar-refractivity contribution in [2.75, 3.05) is 6.54 Å². The molecule has 0 rings (SSSR count). The zero-order valence-electron chi connectivity index (χ0n) is 7.78. The average Bonchev–Trinajstić information content (AvgIpc) is 1.59. The van der Waals surface area contributed by atoms with Gasteiger partial charge >= 0.3 is 0 Å². The van der Waals surface area contributed by atoms with Crippen LogP contribution in [-0.4, -0.2) is 14.6 Å². The van der Waals surface area contributed by atoms with Crippen molar-refractivity contribution in [1.82, 2.24) is 0 Å². The van der Waals surface area contributed by atoms with Gasteiger partial charge in [-0.15, -0.1) is 0 Å². The second kappa shape index (κ2) is 4.14. The van der Waals surface area contributed by atoms with Crippen molar-refractivity contribution in [2.45, 2.75) is 39.0 Å². The van der Waals surface area contributed by atoms with Crippen LogP contribution < -0.4 is 5.73 Å². The molecule has 0 aliphatic rings. The lowest BCUT2D eigenvalue weighted by Gasteiger charge is -2.20. The minimum Gasteiger partial charge on any atom is -0.330 e. The predicted octanol–water partition coefficient (Wildman–Crippen LogP) is 2.31. The van der Waals surface area contributed by atoms with E-state index in [1.165, 1.54) is 12.5 Å². The Labute approximate surface area is 66.0 Å². The molecule has 0 fully saturated rings. The first-order valence-electron chi connectivity index (χ1n) is 4.16. The normalized spacial score (nSPS) is 15.3. The molecule has 10 heavy (non-hydrogen) atoms. The second-order valence-corrected chi connectivity index (χ2v) is 9.98. The van der Waals surface area contributed by atoms with Crippen LogP contribution in [0.25, 0.3) is 0 Å². The first kappa shape index (κ1) is 10.2. The van der Waals surface area contributed by atoms with Crippen molar-refractivity contribution in [3.63, 3.8) is 0 Å². The molecule has 0 radical (unpaired) electrons. The van der Waals surface area contributed by atoms with Gasteiger partial charge in [-0.1, -0.05) is 32.6 Å². The van der Waals surface area contributed by atoms with E-state index in [4.69, 9.17) is 5.73 Å². The van der Waals surface area contributed by atoms with Gasteiger partial charge in [0.15, 0.2) is 0 Å². The quantitative estimate of drug-likeness (QED) is 0.626. The number of nitrogens with two attached hydrogens (primary N) is 1. The molecule has 0 spiro atoms. The van der Waals surface area contributed by atoms with E-state index in [2.05, 4.69) is 26.6 Å². The maximum atomic E-state index is 5.46. The summed E-state index contributed by atoms with van der Waals surface area (Å²) in [7, 11) is -0.813. The Morgan fingerprint density at radius 2 is 1.80 bits per heavy atom. The van der Waals surface area contributed by atoms with Crippen molar-refractivity contribution >= 4 is 8.07 Å². The molecule has 2 heteroatoms. The van der Waals surface area contributed by atoms with E-state index in [0.717, 1.165) is 12.5 Å². The lowest BCUT2D eigenvalue weighted by molar-refractivity contribution is 0.587. The van der Waals surface area contributed by atoms with Crippen LogP contribution in [-0.2, 0) is 0 Å². The van der Waals surface area contributed by atoms with Crippen molar-refractivity contribution in [3.8, 4) is 0 Å². The molecule has 1 atom stereocenters. The first-order valence-corrected chi connectivity index (χ1v) is 7.86. The zero-order chi connectivity index (χ0) is 8.20. The highest BCUT2D eigenvalue weighted by Crippen LogP contribution is 2.18. The molecule has 1 unspecified atom stereocenters. The monoisotopic (exact) mass is 159 g/mol. The van der Waals surface area contributed by atoms with Crippen LogP contribution in [0.3, 0.4) is 0 Å². The number of hydrogen-bond donors (Lipinski definition) is 1. The molecule has 0 saturated heterocycles. The summed E-state index contributed by atoms with van der Waals surface area (Å²) in [6.45, 7) is 10.4. The van der Waals surface area contributed by atoms with Gasteiger partial charge < -0.3 is 5.73 Å². The Hall–Kier alpha value is 0.177. The molecule has 0 aliphatic carbocycles. The summed E-state index contributed by atoms with van der Waals surface area (Å²) in [5, 5.41) is 0. The van der Waals surface area contributed by atoms with Crippen molar-refractivity contribution < 1.29 is 0 Å². The van der Waals surface area contributed by atoms with Gasteiger partial charge in [0.25, 0.3) is 0 Å². The van der Waals surface area contributed by atoms with Crippen LogP contribution >= 0.6 is 0 Å². The Kier molecular flexibility index (Phi) is 4.21. The minimum absolute atomic E-state index is 0.813. The molecule has 0 aromatic carbocycles. The molecular formula is C8H21NSi. The van der Waals surface area contributed by atoms with E-state index < -0.39 is 8.07 Å². The van der Waals surface area contributed by atoms with Crippen LogP contribution in [0.2, 0.25) is 25.7 Å². The van der Waals surface area contributed by atoms with Crippen molar-refractivity contribution in [1.29, 1.82) is 0 Å². The lowest BCUT2D eigenvalue weighted by atomic mass is 10.1. The molecule has 0 bridgehead atoms. The fraction of sp³-hybridized carbons (Fsp3) is 1.00. The fourth-order valence-corrected chi connectivity index (χ4v) is 3.73. The van der Waals surface area contributed by atoms with Crippen molar-refractivity contribution in [2.24, 2.45) is 11.7 Å². The Morgan fingerprint density at radius 1 is 1.30 bits per heavy atom. The largest absolute Gasteiger partial charge is 0.330 e. The van der Waals surface area contributed by atoms with E-state index >= 15 is 0 Å². The molecule has 0 saturated carbocycles. The molecular weight excluding hydrogens is 138 g/mol. The first-order chi connectivity index (χ1) is 4.45. The maximum absolute atomic E-state index is 5.46. The third kappa shape index (κ3) is 6.30. The smallest absolute Gasteiger partial charge is 0.0445 e. The lowest BCUT2D eigenvalue weighted by Crippen LogP contribution is -2.23.